The molecule has 1 atom stereocenters. The molecule has 2 aromatic rings. The van der Waals surface area contributed by atoms with Crippen LogP contribution in [0, 0.1) is 0 Å². The number of carbonyl (C=O) groups is 1. The van der Waals surface area contributed by atoms with E-state index in [9.17, 15) is 18.0 Å². The van der Waals surface area contributed by atoms with E-state index in [-0.39, 0.29) is 18.1 Å². The average Bonchev–Trinajstić information content (AvgIpc) is 2.95. The van der Waals surface area contributed by atoms with E-state index in [1.165, 1.54) is 17.3 Å². The molecule has 0 bridgehead atoms. The van der Waals surface area contributed by atoms with Crippen molar-refractivity contribution in [2.24, 2.45) is 5.73 Å². The Morgan fingerprint density at radius 3 is 2.71 bits per heavy atom. The molecule has 0 radical (unpaired) electrons. The van der Waals surface area contributed by atoms with E-state index in [4.69, 9.17) is 5.73 Å². The topological polar surface area (TPSA) is 105 Å². The minimum atomic E-state index is -4.46. The Bertz CT molecular complexity index is 619. The SMILES string of the molecule is CC(c1nc(CC(N)=O)nn1CC(F)(F)F)n1cncn1. The van der Waals surface area contributed by atoms with Crippen LogP contribution in [0.2, 0.25) is 0 Å². The summed E-state index contributed by atoms with van der Waals surface area (Å²) in [5, 5.41) is 7.54. The lowest BCUT2D eigenvalue weighted by molar-refractivity contribution is -0.143. The van der Waals surface area contributed by atoms with Crippen LogP contribution < -0.4 is 5.73 Å². The van der Waals surface area contributed by atoms with E-state index < -0.39 is 24.7 Å². The number of rotatable bonds is 5. The maximum atomic E-state index is 12.6. The second-order valence-electron chi connectivity index (χ2n) is 4.35. The molecule has 0 spiro atoms. The summed E-state index contributed by atoms with van der Waals surface area (Å²) in [7, 11) is 0. The van der Waals surface area contributed by atoms with Gasteiger partial charge < -0.3 is 5.73 Å². The number of primary amides is 1. The van der Waals surface area contributed by atoms with Gasteiger partial charge in [0.05, 0.1) is 6.42 Å². The molecule has 1 amide bonds. The van der Waals surface area contributed by atoms with Crippen molar-refractivity contribution in [3.05, 3.63) is 24.3 Å². The van der Waals surface area contributed by atoms with Crippen LogP contribution in [0.15, 0.2) is 12.7 Å². The van der Waals surface area contributed by atoms with E-state index in [1.807, 2.05) is 0 Å². The third-order valence-electron chi connectivity index (χ3n) is 2.61. The lowest BCUT2D eigenvalue weighted by Crippen LogP contribution is -2.23. The molecule has 2 aromatic heterocycles. The van der Waals surface area contributed by atoms with Crippen LogP contribution in [0.3, 0.4) is 0 Å². The first kappa shape index (κ1) is 14.9. The number of aromatic nitrogens is 6. The van der Waals surface area contributed by atoms with Gasteiger partial charge >= 0.3 is 6.18 Å². The van der Waals surface area contributed by atoms with Crippen LogP contribution in [0.1, 0.15) is 24.6 Å². The molecule has 0 fully saturated rings. The number of hydrogen-bond donors (Lipinski definition) is 1. The molecule has 0 aromatic carbocycles. The van der Waals surface area contributed by atoms with Gasteiger partial charge in [-0.1, -0.05) is 0 Å². The fourth-order valence-electron chi connectivity index (χ4n) is 1.76. The summed E-state index contributed by atoms with van der Waals surface area (Å²) >= 11 is 0. The van der Waals surface area contributed by atoms with Gasteiger partial charge in [-0.2, -0.15) is 23.4 Å². The van der Waals surface area contributed by atoms with Crippen molar-refractivity contribution in [3.63, 3.8) is 0 Å². The summed E-state index contributed by atoms with van der Waals surface area (Å²) in [6, 6.07) is -0.621. The van der Waals surface area contributed by atoms with Gasteiger partial charge in [-0.05, 0) is 6.92 Å². The standard InChI is InChI=1S/C10H12F3N7O/c1-6(20-5-15-4-16-20)9-17-8(2-7(14)21)18-19(9)3-10(11,12)13/h4-6H,2-3H2,1H3,(H2,14,21). The summed E-state index contributed by atoms with van der Waals surface area (Å²) in [5.74, 6) is -0.762. The molecule has 2 rings (SSSR count). The normalized spacial score (nSPS) is 13.3. The van der Waals surface area contributed by atoms with Gasteiger partial charge in [0.15, 0.2) is 11.6 Å². The molecule has 11 heteroatoms. The van der Waals surface area contributed by atoms with Crippen molar-refractivity contribution >= 4 is 5.91 Å². The molecule has 2 heterocycles. The van der Waals surface area contributed by atoms with Gasteiger partial charge in [0.2, 0.25) is 5.91 Å². The molecule has 0 saturated carbocycles. The van der Waals surface area contributed by atoms with E-state index in [0.717, 1.165) is 0 Å². The van der Waals surface area contributed by atoms with Crippen molar-refractivity contribution in [3.8, 4) is 0 Å². The summed E-state index contributed by atoms with van der Waals surface area (Å²) < 4.78 is 39.8. The molecule has 114 valence electrons. The molecular formula is C10H12F3N7O. The van der Waals surface area contributed by atoms with Crippen molar-refractivity contribution in [1.29, 1.82) is 0 Å². The van der Waals surface area contributed by atoms with Crippen molar-refractivity contribution in [1.82, 2.24) is 29.5 Å². The molecule has 8 nitrogen and oxygen atoms in total. The van der Waals surface area contributed by atoms with E-state index in [1.54, 1.807) is 6.92 Å². The first-order valence-corrected chi connectivity index (χ1v) is 5.89. The highest BCUT2D eigenvalue weighted by atomic mass is 19.4. The Morgan fingerprint density at radius 1 is 1.48 bits per heavy atom. The van der Waals surface area contributed by atoms with Crippen LogP contribution in [0.5, 0.6) is 0 Å². The Hall–Kier alpha value is -2.46. The lowest BCUT2D eigenvalue weighted by Gasteiger charge is -2.13. The van der Waals surface area contributed by atoms with Crippen LogP contribution in [0.25, 0.3) is 0 Å². The Morgan fingerprint density at radius 2 is 2.19 bits per heavy atom. The van der Waals surface area contributed by atoms with Crippen molar-refractivity contribution in [2.75, 3.05) is 0 Å². The summed E-state index contributed by atoms with van der Waals surface area (Å²) in [6.07, 6.45) is -2.19. The first-order chi connectivity index (χ1) is 9.76. The fourth-order valence-corrected chi connectivity index (χ4v) is 1.76. The predicted octanol–water partition coefficient (Wildman–Crippen LogP) is 0.0690. The molecule has 0 aliphatic rings. The predicted molar refractivity (Wildman–Crippen MR) is 62.8 cm³/mol. The number of carbonyl (C=O) groups excluding carboxylic acids is 1. The second kappa shape index (κ2) is 5.50. The first-order valence-electron chi connectivity index (χ1n) is 5.89. The van der Waals surface area contributed by atoms with E-state index in [2.05, 4.69) is 20.2 Å². The van der Waals surface area contributed by atoms with Gasteiger partial charge in [0.25, 0.3) is 0 Å². The maximum Gasteiger partial charge on any atom is 0.408 e. The number of alkyl halides is 3. The zero-order valence-corrected chi connectivity index (χ0v) is 10.9. The Kier molecular flexibility index (Phi) is 3.91. The molecule has 0 aliphatic heterocycles. The largest absolute Gasteiger partial charge is 0.408 e. The van der Waals surface area contributed by atoms with E-state index in [0.29, 0.717) is 4.68 Å². The summed E-state index contributed by atoms with van der Waals surface area (Å²) in [6.45, 7) is 0.284. The van der Waals surface area contributed by atoms with Crippen LogP contribution in [-0.2, 0) is 17.8 Å². The van der Waals surface area contributed by atoms with Crippen LogP contribution in [-0.4, -0.2) is 41.6 Å². The van der Waals surface area contributed by atoms with Gasteiger partial charge in [-0.3, -0.25) is 4.79 Å². The number of nitrogens with zero attached hydrogens (tertiary/aromatic N) is 6. The van der Waals surface area contributed by atoms with Crippen molar-refractivity contribution in [2.45, 2.75) is 32.1 Å². The monoisotopic (exact) mass is 303 g/mol. The van der Waals surface area contributed by atoms with Crippen LogP contribution in [0.4, 0.5) is 13.2 Å². The zero-order valence-electron chi connectivity index (χ0n) is 10.9. The molecule has 2 N–H and O–H groups in total. The van der Waals surface area contributed by atoms with Crippen LogP contribution >= 0.6 is 0 Å². The van der Waals surface area contributed by atoms with Crippen molar-refractivity contribution < 1.29 is 18.0 Å². The summed E-state index contributed by atoms with van der Waals surface area (Å²) in [4.78, 5) is 18.5. The highest BCUT2D eigenvalue weighted by Crippen LogP contribution is 2.21. The van der Waals surface area contributed by atoms with Gasteiger partial charge in [-0.25, -0.2) is 19.3 Å². The third-order valence-corrected chi connectivity index (χ3v) is 2.61. The quantitative estimate of drug-likeness (QED) is 0.841. The third kappa shape index (κ3) is 3.77. The van der Waals surface area contributed by atoms with E-state index >= 15 is 0 Å². The maximum absolute atomic E-state index is 12.6. The Balaban J connectivity index is 2.36. The molecule has 0 aliphatic carbocycles. The molecular weight excluding hydrogens is 291 g/mol. The number of halogens is 3. The highest BCUT2D eigenvalue weighted by molar-refractivity contribution is 5.75. The van der Waals surface area contributed by atoms with Gasteiger partial charge in [0.1, 0.15) is 25.2 Å². The average molecular weight is 303 g/mol. The van der Waals surface area contributed by atoms with Gasteiger partial charge in [-0.15, -0.1) is 0 Å². The number of nitrogens with two attached hydrogens (primary N) is 1. The lowest BCUT2D eigenvalue weighted by atomic mass is 10.3. The summed E-state index contributed by atoms with van der Waals surface area (Å²) in [5.41, 5.74) is 5.00. The zero-order chi connectivity index (χ0) is 15.6. The Labute approximate surface area is 116 Å². The van der Waals surface area contributed by atoms with Gasteiger partial charge in [0, 0.05) is 0 Å². The number of hydrogen-bond acceptors (Lipinski definition) is 5. The fraction of sp³-hybridized carbons (Fsp3) is 0.500. The minimum Gasteiger partial charge on any atom is -0.369 e. The number of amides is 1. The second-order valence-corrected chi connectivity index (χ2v) is 4.35. The highest BCUT2D eigenvalue weighted by Gasteiger charge is 2.32. The molecule has 1 unspecified atom stereocenters. The smallest absolute Gasteiger partial charge is 0.369 e. The molecule has 21 heavy (non-hydrogen) atoms. The molecule has 0 saturated heterocycles. The minimum absolute atomic E-state index is 0.0223.